The number of carbonyl (C=O) groups is 2. The average molecular weight is 372 g/mol. The van der Waals surface area contributed by atoms with E-state index >= 15 is 0 Å². The smallest absolute Gasteiger partial charge is 0.314 e. The predicted octanol–water partition coefficient (Wildman–Crippen LogP) is 4.84. The van der Waals surface area contributed by atoms with Gasteiger partial charge in [0.1, 0.15) is 0 Å². The summed E-state index contributed by atoms with van der Waals surface area (Å²) >= 11 is 18.0. The molecule has 0 atom stereocenters. The van der Waals surface area contributed by atoms with Crippen LogP contribution < -0.4 is 10.6 Å². The van der Waals surface area contributed by atoms with Gasteiger partial charge in [-0.25, -0.2) is 0 Å². The third-order valence-corrected chi connectivity index (χ3v) is 4.01. The summed E-state index contributed by atoms with van der Waals surface area (Å²) in [7, 11) is 0. The minimum absolute atomic E-state index is 0.183. The maximum atomic E-state index is 12.1. The molecule has 7 heteroatoms. The summed E-state index contributed by atoms with van der Waals surface area (Å²) in [6.07, 6.45) is 0. The molecular formula is C16H13Cl3N2O2. The van der Waals surface area contributed by atoms with Crippen LogP contribution in [0, 0.1) is 13.8 Å². The first kappa shape index (κ1) is 17.6. The Morgan fingerprint density at radius 1 is 0.826 bits per heavy atom. The van der Waals surface area contributed by atoms with Crippen LogP contribution in [0.3, 0.4) is 0 Å². The SMILES string of the molecule is Cc1cc(C)c(NC(=O)C(=O)Nc2c(Cl)cccc2Cl)c(Cl)c1. The molecule has 0 radical (unpaired) electrons. The van der Waals surface area contributed by atoms with Crippen molar-refractivity contribution in [3.8, 4) is 0 Å². The maximum Gasteiger partial charge on any atom is 0.314 e. The van der Waals surface area contributed by atoms with E-state index in [9.17, 15) is 9.59 Å². The number of nitrogens with one attached hydrogen (secondary N) is 2. The van der Waals surface area contributed by atoms with E-state index in [2.05, 4.69) is 10.6 Å². The zero-order chi connectivity index (χ0) is 17.1. The number of para-hydroxylation sites is 1. The van der Waals surface area contributed by atoms with Gasteiger partial charge in [0.25, 0.3) is 0 Å². The standard InChI is InChI=1S/C16H13Cl3N2O2/c1-8-6-9(2)13(12(19)7-8)20-15(22)16(23)21-14-10(17)4-3-5-11(14)18/h3-7H,1-2H3,(H,20,22)(H,21,23). The monoisotopic (exact) mass is 370 g/mol. The zero-order valence-electron chi connectivity index (χ0n) is 12.3. The fourth-order valence-corrected chi connectivity index (χ4v) is 2.89. The fraction of sp³-hybridized carbons (Fsp3) is 0.125. The Bertz CT molecular complexity index is 748. The molecule has 0 unspecified atom stereocenters. The molecule has 4 nitrogen and oxygen atoms in total. The second-order valence-corrected chi connectivity index (χ2v) is 6.17. The van der Waals surface area contributed by atoms with Crippen LogP contribution in [0.5, 0.6) is 0 Å². The molecule has 2 N–H and O–H groups in total. The Balaban J connectivity index is 2.17. The quantitative estimate of drug-likeness (QED) is 0.742. The van der Waals surface area contributed by atoms with E-state index in [1.165, 1.54) is 0 Å². The second kappa shape index (κ2) is 7.21. The molecule has 2 aromatic rings. The van der Waals surface area contributed by atoms with Crippen LogP contribution in [-0.4, -0.2) is 11.8 Å². The lowest BCUT2D eigenvalue weighted by molar-refractivity contribution is -0.133. The fourth-order valence-electron chi connectivity index (χ4n) is 2.03. The van der Waals surface area contributed by atoms with Crippen molar-refractivity contribution < 1.29 is 9.59 Å². The highest BCUT2D eigenvalue weighted by atomic mass is 35.5. The summed E-state index contributed by atoms with van der Waals surface area (Å²) in [5.41, 5.74) is 2.29. The molecule has 0 aliphatic rings. The van der Waals surface area contributed by atoms with Gasteiger partial charge < -0.3 is 10.6 Å². The molecule has 2 rings (SSSR count). The van der Waals surface area contributed by atoms with E-state index in [-0.39, 0.29) is 15.7 Å². The second-order valence-electron chi connectivity index (χ2n) is 4.94. The van der Waals surface area contributed by atoms with Gasteiger partial charge in [0.15, 0.2) is 0 Å². The first-order valence-electron chi connectivity index (χ1n) is 6.62. The topological polar surface area (TPSA) is 58.2 Å². The van der Waals surface area contributed by atoms with E-state index in [0.29, 0.717) is 10.7 Å². The number of amides is 2. The van der Waals surface area contributed by atoms with E-state index in [0.717, 1.165) is 11.1 Å². The van der Waals surface area contributed by atoms with Crippen LogP contribution in [0.4, 0.5) is 11.4 Å². The first-order valence-corrected chi connectivity index (χ1v) is 7.76. The molecule has 0 spiro atoms. The summed E-state index contributed by atoms with van der Waals surface area (Å²) in [6, 6.07) is 8.30. The predicted molar refractivity (Wildman–Crippen MR) is 94.6 cm³/mol. The number of hydrogen-bond acceptors (Lipinski definition) is 2. The highest BCUT2D eigenvalue weighted by Crippen LogP contribution is 2.30. The Labute approximate surface area is 148 Å². The van der Waals surface area contributed by atoms with Gasteiger partial charge in [-0.3, -0.25) is 9.59 Å². The number of carbonyl (C=O) groups excluding carboxylic acids is 2. The lowest BCUT2D eigenvalue weighted by atomic mass is 10.1. The number of anilines is 2. The van der Waals surface area contributed by atoms with Gasteiger partial charge in [0.2, 0.25) is 0 Å². The number of aryl methyl sites for hydroxylation is 2. The van der Waals surface area contributed by atoms with Crippen LogP contribution in [-0.2, 0) is 9.59 Å². The van der Waals surface area contributed by atoms with Crippen molar-refractivity contribution in [2.45, 2.75) is 13.8 Å². The molecule has 2 amide bonds. The first-order chi connectivity index (χ1) is 10.8. The van der Waals surface area contributed by atoms with E-state index < -0.39 is 11.8 Å². The van der Waals surface area contributed by atoms with Crippen LogP contribution >= 0.6 is 34.8 Å². The van der Waals surface area contributed by atoms with Gasteiger partial charge in [0, 0.05) is 0 Å². The van der Waals surface area contributed by atoms with Crippen LogP contribution in [0.25, 0.3) is 0 Å². The molecule has 0 aliphatic heterocycles. The third-order valence-electron chi connectivity index (χ3n) is 3.08. The maximum absolute atomic E-state index is 12.1. The van der Waals surface area contributed by atoms with Gasteiger partial charge in [-0.15, -0.1) is 0 Å². The van der Waals surface area contributed by atoms with Crippen LogP contribution in [0.2, 0.25) is 15.1 Å². The molecule has 0 heterocycles. The summed E-state index contributed by atoms with van der Waals surface area (Å²) in [4.78, 5) is 24.1. The highest BCUT2D eigenvalue weighted by Gasteiger charge is 2.19. The van der Waals surface area contributed by atoms with Crippen molar-refractivity contribution >= 4 is 58.0 Å². The number of halogens is 3. The Morgan fingerprint density at radius 2 is 1.35 bits per heavy atom. The van der Waals surface area contributed by atoms with E-state index in [4.69, 9.17) is 34.8 Å². The lowest BCUT2D eigenvalue weighted by Gasteiger charge is -2.12. The van der Waals surface area contributed by atoms with Crippen molar-refractivity contribution in [2.24, 2.45) is 0 Å². The normalized spacial score (nSPS) is 10.3. The van der Waals surface area contributed by atoms with Crippen molar-refractivity contribution in [1.29, 1.82) is 0 Å². The summed E-state index contributed by atoms with van der Waals surface area (Å²) in [5.74, 6) is -1.76. The number of benzene rings is 2. The van der Waals surface area contributed by atoms with Crippen molar-refractivity contribution in [3.63, 3.8) is 0 Å². The summed E-state index contributed by atoms with van der Waals surface area (Å²) in [6.45, 7) is 3.67. The van der Waals surface area contributed by atoms with Gasteiger partial charge >= 0.3 is 11.8 Å². The Hall–Kier alpha value is -1.75. The summed E-state index contributed by atoms with van der Waals surface area (Å²) in [5, 5.41) is 5.73. The van der Waals surface area contributed by atoms with E-state index in [1.807, 2.05) is 13.0 Å². The van der Waals surface area contributed by atoms with Crippen LogP contribution in [0.1, 0.15) is 11.1 Å². The van der Waals surface area contributed by atoms with Gasteiger partial charge in [-0.2, -0.15) is 0 Å². The zero-order valence-corrected chi connectivity index (χ0v) is 14.6. The Morgan fingerprint density at radius 3 is 1.87 bits per heavy atom. The highest BCUT2D eigenvalue weighted by molar-refractivity contribution is 6.47. The molecule has 0 saturated heterocycles. The molecule has 0 bridgehead atoms. The third kappa shape index (κ3) is 4.16. The van der Waals surface area contributed by atoms with Crippen LogP contribution in [0.15, 0.2) is 30.3 Å². The van der Waals surface area contributed by atoms with Gasteiger partial charge in [0.05, 0.1) is 26.4 Å². The van der Waals surface area contributed by atoms with Crippen molar-refractivity contribution in [3.05, 3.63) is 56.5 Å². The average Bonchev–Trinajstić information content (AvgIpc) is 2.46. The molecule has 0 fully saturated rings. The molecule has 120 valence electrons. The minimum atomic E-state index is -0.893. The molecule has 23 heavy (non-hydrogen) atoms. The van der Waals surface area contributed by atoms with Crippen molar-refractivity contribution in [2.75, 3.05) is 10.6 Å². The largest absolute Gasteiger partial charge is 0.316 e. The van der Waals surface area contributed by atoms with Gasteiger partial charge in [-0.1, -0.05) is 46.9 Å². The van der Waals surface area contributed by atoms with Gasteiger partial charge in [-0.05, 0) is 43.2 Å². The molecule has 0 aliphatic carbocycles. The molecule has 2 aromatic carbocycles. The molecular weight excluding hydrogens is 359 g/mol. The lowest BCUT2D eigenvalue weighted by Crippen LogP contribution is -2.29. The minimum Gasteiger partial charge on any atom is -0.316 e. The number of rotatable bonds is 2. The Kier molecular flexibility index (Phi) is 5.52. The molecule has 0 aromatic heterocycles. The van der Waals surface area contributed by atoms with E-state index in [1.54, 1.807) is 31.2 Å². The number of hydrogen-bond donors (Lipinski definition) is 2. The summed E-state index contributed by atoms with van der Waals surface area (Å²) < 4.78 is 0. The van der Waals surface area contributed by atoms with Crippen molar-refractivity contribution in [1.82, 2.24) is 0 Å². The molecule has 0 saturated carbocycles.